The van der Waals surface area contributed by atoms with Gasteiger partial charge in [0.15, 0.2) is 0 Å². The largest absolute Gasteiger partial charge is 0.411 e. The standard InChI is InChI=1S/C12H26N2O/c1-10(2)8-14(9-11(3)4)7-6-12(5)13-15/h10-11,15H,6-9H2,1-5H3. The highest BCUT2D eigenvalue weighted by atomic mass is 16.4. The van der Waals surface area contributed by atoms with Crippen LogP contribution in [0.25, 0.3) is 0 Å². The normalized spacial score (nSPS) is 13.2. The maximum atomic E-state index is 8.58. The number of oxime groups is 1. The Labute approximate surface area is 94.2 Å². The molecule has 0 heterocycles. The predicted molar refractivity (Wildman–Crippen MR) is 65.6 cm³/mol. The summed E-state index contributed by atoms with van der Waals surface area (Å²) >= 11 is 0. The number of rotatable bonds is 7. The van der Waals surface area contributed by atoms with E-state index in [1.165, 1.54) is 0 Å². The maximum absolute atomic E-state index is 8.58. The monoisotopic (exact) mass is 214 g/mol. The maximum Gasteiger partial charge on any atom is 0.0552 e. The van der Waals surface area contributed by atoms with Crippen LogP contribution in [-0.4, -0.2) is 35.5 Å². The Hall–Kier alpha value is -0.570. The minimum Gasteiger partial charge on any atom is -0.411 e. The van der Waals surface area contributed by atoms with Gasteiger partial charge in [0.05, 0.1) is 5.71 Å². The van der Waals surface area contributed by atoms with Gasteiger partial charge in [-0.15, -0.1) is 0 Å². The molecule has 0 aliphatic rings. The highest BCUT2D eigenvalue weighted by molar-refractivity contribution is 5.81. The second-order valence-corrected chi connectivity index (χ2v) is 5.13. The lowest BCUT2D eigenvalue weighted by Crippen LogP contribution is -2.33. The molecule has 0 fully saturated rings. The van der Waals surface area contributed by atoms with E-state index >= 15 is 0 Å². The van der Waals surface area contributed by atoms with Crippen molar-refractivity contribution in [1.82, 2.24) is 4.90 Å². The van der Waals surface area contributed by atoms with Crippen LogP contribution >= 0.6 is 0 Å². The summed E-state index contributed by atoms with van der Waals surface area (Å²) in [6.45, 7) is 14.0. The quantitative estimate of drug-likeness (QED) is 0.402. The molecule has 0 aromatic rings. The zero-order valence-corrected chi connectivity index (χ0v) is 10.8. The van der Waals surface area contributed by atoms with Gasteiger partial charge in [-0.2, -0.15) is 0 Å². The first-order valence-electron chi connectivity index (χ1n) is 5.85. The Bertz CT molecular complexity index is 178. The van der Waals surface area contributed by atoms with Crippen LogP contribution in [0.15, 0.2) is 5.16 Å². The Balaban J connectivity index is 4.00. The van der Waals surface area contributed by atoms with Crippen molar-refractivity contribution in [3.05, 3.63) is 0 Å². The summed E-state index contributed by atoms with van der Waals surface area (Å²) in [5.41, 5.74) is 0.813. The van der Waals surface area contributed by atoms with Gasteiger partial charge in [0.1, 0.15) is 0 Å². The van der Waals surface area contributed by atoms with Gasteiger partial charge in [-0.05, 0) is 18.8 Å². The van der Waals surface area contributed by atoms with Gasteiger partial charge >= 0.3 is 0 Å². The summed E-state index contributed by atoms with van der Waals surface area (Å²) in [5.74, 6) is 1.38. The number of hydrogen-bond donors (Lipinski definition) is 1. The van der Waals surface area contributed by atoms with Gasteiger partial charge in [-0.1, -0.05) is 32.9 Å². The molecule has 0 saturated carbocycles. The molecule has 1 N–H and O–H groups in total. The van der Waals surface area contributed by atoms with E-state index in [0.717, 1.165) is 31.8 Å². The molecule has 0 radical (unpaired) electrons. The summed E-state index contributed by atoms with van der Waals surface area (Å²) in [6, 6.07) is 0. The number of hydrogen-bond acceptors (Lipinski definition) is 3. The zero-order chi connectivity index (χ0) is 11.8. The predicted octanol–water partition coefficient (Wildman–Crippen LogP) is 2.84. The molecule has 3 nitrogen and oxygen atoms in total. The van der Waals surface area contributed by atoms with E-state index in [1.54, 1.807) is 0 Å². The van der Waals surface area contributed by atoms with Crippen molar-refractivity contribution in [2.24, 2.45) is 17.0 Å². The topological polar surface area (TPSA) is 35.8 Å². The molecule has 0 saturated heterocycles. The molecular formula is C12H26N2O. The summed E-state index contributed by atoms with van der Waals surface area (Å²) in [6.07, 6.45) is 0.857. The summed E-state index contributed by atoms with van der Waals surface area (Å²) in [5, 5.41) is 11.8. The van der Waals surface area contributed by atoms with Crippen molar-refractivity contribution < 1.29 is 5.21 Å². The van der Waals surface area contributed by atoms with Crippen LogP contribution in [0.4, 0.5) is 0 Å². The van der Waals surface area contributed by atoms with Gasteiger partial charge in [-0.25, -0.2) is 0 Å². The van der Waals surface area contributed by atoms with E-state index in [-0.39, 0.29) is 0 Å². The van der Waals surface area contributed by atoms with Crippen molar-refractivity contribution in [3.63, 3.8) is 0 Å². The van der Waals surface area contributed by atoms with Crippen molar-refractivity contribution >= 4 is 5.71 Å². The molecule has 90 valence electrons. The minimum absolute atomic E-state index is 0.690. The fourth-order valence-electron chi connectivity index (χ4n) is 1.66. The highest BCUT2D eigenvalue weighted by Crippen LogP contribution is 2.05. The molecule has 0 spiro atoms. The lowest BCUT2D eigenvalue weighted by Gasteiger charge is -2.25. The van der Waals surface area contributed by atoms with Crippen LogP contribution in [0.2, 0.25) is 0 Å². The van der Waals surface area contributed by atoms with E-state index in [9.17, 15) is 0 Å². The van der Waals surface area contributed by atoms with E-state index in [4.69, 9.17) is 5.21 Å². The van der Waals surface area contributed by atoms with Gasteiger partial charge in [0.2, 0.25) is 0 Å². The van der Waals surface area contributed by atoms with Crippen LogP contribution in [0.3, 0.4) is 0 Å². The molecule has 0 aromatic heterocycles. The SMILES string of the molecule is CC(CCN(CC(C)C)CC(C)C)=NO. The molecule has 0 rings (SSSR count). The molecule has 0 aliphatic carbocycles. The molecule has 0 aromatic carbocycles. The second kappa shape index (κ2) is 7.69. The molecule has 0 atom stereocenters. The van der Waals surface area contributed by atoms with Gasteiger partial charge in [0, 0.05) is 26.1 Å². The molecule has 0 bridgehead atoms. The Morgan fingerprint density at radius 2 is 1.60 bits per heavy atom. The van der Waals surface area contributed by atoms with Crippen molar-refractivity contribution in [3.8, 4) is 0 Å². The Morgan fingerprint density at radius 3 is 1.93 bits per heavy atom. The van der Waals surface area contributed by atoms with Crippen molar-refractivity contribution in [2.45, 2.75) is 41.0 Å². The third kappa shape index (κ3) is 8.43. The summed E-state index contributed by atoms with van der Waals surface area (Å²) < 4.78 is 0. The molecule has 0 amide bonds. The molecular weight excluding hydrogens is 188 g/mol. The van der Waals surface area contributed by atoms with Crippen molar-refractivity contribution in [2.75, 3.05) is 19.6 Å². The third-order valence-corrected chi connectivity index (χ3v) is 2.21. The van der Waals surface area contributed by atoms with E-state index in [1.807, 2.05) is 6.92 Å². The van der Waals surface area contributed by atoms with Crippen LogP contribution in [0.1, 0.15) is 41.0 Å². The first-order chi connectivity index (χ1) is 6.95. The lowest BCUT2D eigenvalue weighted by atomic mass is 10.1. The Kier molecular flexibility index (Phi) is 7.39. The van der Waals surface area contributed by atoms with E-state index in [0.29, 0.717) is 11.8 Å². The zero-order valence-electron chi connectivity index (χ0n) is 10.8. The van der Waals surface area contributed by atoms with Crippen LogP contribution in [-0.2, 0) is 0 Å². The molecule has 3 heteroatoms. The number of nitrogens with zero attached hydrogens (tertiary/aromatic N) is 2. The van der Waals surface area contributed by atoms with Crippen molar-refractivity contribution in [1.29, 1.82) is 0 Å². The van der Waals surface area contributed by atoms with Gasteiger partial charge < -0.3 is 10.1 Å². The summed E-state index contributed by atoms with van der Waals surface area (Å²) in [7, 11) is 0. The first-order valence-corrected chi connectivity index (χ1v) is 5.85. The average molecular weight is 214 g/mol. The lowest BCUT2D eigenvalue weighted by molar-refractivity contribution is 0.224. The third-order valence-electron chi connectivity index (χ3n) is 2.21. The summed E-state index contributed by atoms with van der Waals surface area (Å²) in [4.78, 5) is 2.45. The smallest absolute Gasteiger partial charge is 0.0552 e. The van der Waals surface area contributed by atoms with Crippen LogP contribution in [0.5, 0.6) is 0 Å². The second-order valence-electron chi connectivity index (χ2n) is 5.13. The minimum atomic E-state index is 0.690. The van der Waals surface area contributed by atoms with E-state index in [2.05, 4.69) is 37.8 Å². The fraction of sp³-hybridized carbons (Fsp3) is 0.917. The first kappa shape index (κ1) is 14.4. The molecule has 0 unspecified atom stereocenters. The Morgan fingerprint density at radius 1 is 1.13 bits per heavy atom. The van der Waals surface area contributed by atoms with Gasteiger partial charge in [-0.3, -0.25) is 0 Å². The van der Waals surface area contributed by atoms with Crippen LogP contribution < -0.4 is 0 Å². The van der Waals surface area contributed by atoms with Gasteiger partial charge in [0.25, 0.3) is 0 Å². The van der Waals surface area contributed by atoms with Crippen LogP contribution in [0, 0.1) is 11.8 Å². The molecule has 0 aliphatic heterocycles. The molecule has 15 heavy (non-hydrogen) atoms. The van der Waals surface area contributed by atoms with E-state index < -0.39 is 0 Å². The fourth-order valence-corrected chi connectivity index (χ4v) is 1.66. The average Bonchev–Trinajstić information content (AvgIpc) is 2.11. The highest BCUT2D eigenvalue weighted by Gasteiger charge is 2.09.